The highest BCUT2D eigenvalue weighted by Gasteiger charge is 2.26. The van der Waals surface area contributed by atoms with Crippen LogP contribution in [0.2, 0.25) is 0 Å². The SMILES string of the molecule is Cc1ncn(C)c1C(=O)NC1CCCN(C(=O)c2ccccc2)C1. The minimum Gasteiger partial charge on any atom is -0.346 e. The molecule has 1 aliphatic rings. The maximum Gasteiger partial charge on any atom is 0.270 e. The van der Waals surface area contributed by atoms with E-state index in [4.69, 9.17) is 0 Å². The highest BCUT2D eigenvalue weighted by molar-refractivity contribution is 5.95. The Bertz CT molecular complexity index is 719. The van der Waals surface area contributed by atoms with Crippen LogP contribution in [0.4, 0.5) is 0 Å². The van der Waals surface area contributed by atoms with E-state index >= 15 is 0 Å². The van der Waals surface area contributed by atoms with Gasteiger partial charge in [0.15, 0.2) is 0 Å². The van der Waals surface area contributed by atoms with Crippen LogP contribution in [-0.4, -0.2) is 45.4 Å². The molecule has 1 saturated heterocycles. The number of carbonyl (C=O) groups excluding carboxylic acids is 2. The number of nitrogens with zero attached hydrogens (tertiary/aromatic N) is 3. The predicted octanol–water partition coefficient (Wildman–Crippen LogP) is 1.76. The van der Waals surface area contributed by atoms with Crippen molar-refractivity contribution in [1.82, 2.24) is 19.8 Å². The molecule has 0 radical (unpaired) electrons. The lowest BCUT2D eigenvalue weighted by molar-refractivity contribution is 0.0674. The molecule has 6 nitrogen and oxygen atoms in total. The van der Waals surface area contributed by atoms with Crippen molar-refractivity contribution in [3.05, 3.63) is 53.6 Å². The Morgan fingerprint density at radius 1 is 1.25 bits per heavy atom. The van der Waals surface area contributed by atoms with Gasteiger partial charge < -0.3 is 14.8 Å². The van der Waals surface area contributed by atoms with Crippen LogP contribution in [0.3, 0.4) is 0 Å². The number of benzene rings is 1. The Morgan fingerprint density at radius 2 is 2.00 bits per heavy atom. The molecule has 1 unspecified atom stereocenters. The predicted molar refractivity (Wildman–Crippen MR) is 90.8 cm³/mol. The minimum atomic E-state index is -0.133. The molecule has 1 aromatic heterocycles. The maximum absolute atomic E-state index is 12.6. The van der Waals surface area contributed by atoms with Crippen LogP contribution in [0.15, 0.2) is 36.7 Å². The van der Waals surface area contributed by atoms with Gasteiger partial charge in [-0.1, -0.05) is 18.2 Å². The normalized spacial score (nSPS) is 17.6. The maximum atomic E-state index is 12.6. The number of likely N-dealkylation sites (tertiary alicyclic amines) is 1. The summed E-state index contributed by atoms with van der Waals surface area (Å²) in [7, 11) is 1.81. The number of carbonyl (C=O) groups is 2. The smallest absolute Gasteiger partial charge is 0.270 e. The van der Waals surface area contributed by atoms with Crippen LogP contribution in [0.25, 0.3) is 0 Å². The van der Waals surface area contributed by atoms with E-state index in [-0.39, 0.29) is 17.9 Å². The van der Waals surface area contributed by atoms with E-state index in [0.717, 1.165) is 19.4 Å². The van der Waals surface area contributed by atoms with Gasteiger partial charge in [0, 0.05) is 31.7 Å². The monoisotopic (exact) mass is 326 g/mol. The van der Waals surface area contributed by atoms with Crippen LogP contribution < -0.4 is 5.32 Å². The van der Waals surface area contributed by atoms with Crippen LogP contribution >= 0.6 is 0 Å². The van der Waals surface area contributed by atoms with Gasteiger partial charge in [-0.25, -0.2) is 4.98 Å². The molecule has 2 heterocycles. The van der Waals surface area contributed by atoms with Gasteiger partial charge in [0.25, 0.3) is 11.8 Å². The standard InChI is InChI=1S/C18H22N4O2/c1-13-16(21(2)12-19-13)17(23)20-15-9-6-10-22(11-15)18(24)14-7-4-3-5-8-14/h3-5,7-8,12,15H,6,9-11H2,1-2H3,(H,20,23). The molecule has 1 aromatic carbocycles. The lowest BCUT2D eigenvalue weighted by Crippen LogP contribution is -2.49. The van der Waals surface area contributed by atoms with Crippen molar-refractivity contribution in [3.63, 3.8) is 0 Å². The van der Waals surface area contributed by atoms with E-state index in [2.05, 4.69) is 10.3 Å². The molecule has 0 bridgehead atoms. The molecular formula is C18H22N4O2. The molecule has 1 aliphatic heterocycles. The lowest BCUT2D eigenvalue weighted by Gasteiger charge is -2.33. The summed E-state index contributed by atoms with van der Waals surface area (Å²) in [6, 6.07) is 9.23. The Labute approximate surface area is 141 Å². The van der Waals surface area contributed by atoms with Gasteiger partial charge in [0.1, 0.15) is 5.69 Å². The number of rotatable bonds is 3. The number of amides is 2. The van der Waals surface area contributed by atoms with Gasteiger partial charge in [-0.3, -0.25) is 9.59 Å². The first kappa shape index (κ1) is 16.2. The molecular weight excluding hydrogens is 304 g/mol. The molecule has 1 atom stereocenters. The summed E-state index contributed by atoms with van der Waals surface area (Å²) in [6.45, 7) is 3.09. The molecule has 0 aliphatic carbocycles. The third-order valence-electron chi connectivity index (χ3n) is 4.40. The van der Waals surface area contributed by atoms with E-state index in [1.807, 2.05) is 42.2 Å². The van der Waals surface area contributed by atoms with E-state index in [1.54, 1.807) is 17.9 Å². The van der Waals surface area contributed by atoms with Crippen LogP contribution in [0, 0.1) is 6.92 Å². The second-order valence-electron chi connectivity index (χ2n) is 6.22. The average Bonchev–Trinajstić information content (AvgIpc) is 2.94. The highest BCUT2D eigenvalue weighted by Crippen LogP contribution is 2.15. The Balaban J connectivity index is 1.66. The zero-order chi connectivity index (χ0) is 17.1. The molecule has 2 aromatic rings. The number of imidazole rings is 1. The molecule has 6 heteroatoms. The summed E-state index contributed by atoms with van der Waals surface area (Å²) < 4.78 is 1.72. The van der Waals surface area contributed by atoms with Crippen molar-refractivity contribution in [3.8, 4) is 0 Å². The van der Waals surface area contributed by atoms with Crippen LogP contribution in [-0.2, 0) is 7.05 Å². The number of hydrogen-bond acceptors (Lipinski definition) is 3. The Morgan fingerprint density at radius 3 is 2.67 bits per heavy atom. The summed E-state index contributed by atoms with van der Waals surface area (Å²) in [5.74, 6) is -0.113. The summed E-state index contributed by atoms with van der Waals surface area (Å²) >= 11 is 0. The largest absolute Gasteiger partial charge is 0.346 e. The number of aryl methyl sites for hydroxylation is 2. The summed E-state index contributed by atoms with van der Waals surface area (Å²) in [5, 5.41) is 3.05. The fourth-order valence-corrected chi connectivity index (χ4v) is 3.17. The number of hydrogen-bond donors (Lipinski definition) is 1. The molecule has 126 valence electrons. The summed E-state index contributed by atoms with van der Waals surface area (Å²) in [5.41, 5.74) is 1.97. The highest BCUT2D eigenvalue weighted by atomic mass is 16.2. The first-order valence-corrected chi connectivity index (χ1v) is 8.19. The zero-order valence-corrected chi connectivity index (χ0v) is 14.0. The molecule has 2 amide bonds. The second-order valence-corrected chi connectivity index (χ2v) is 6.22. The minimum absolute atomic E-state index is 0.0197. The summed E-state index contributed by atoms with van der Waals surface area (Å²) in [4.78, 5) is 31.0. The van der Waals surface area contributed by atoms with Crippen molar-refractivity contribution in [2.45, 2.75) is 25.8 Å². The lowest BCUT2D eigenvalue weighted by atomic mass is 10.0. The van der Waals surface area contributed by atoms with E-state index in [1.165, 1.54) is 0 Å². The van der Waals surface area contributed by atoms with Crippen LogP contribution in [0.5, 0.6) is 0 Å². The third-order valence-corrected chi connectivity index (χ3v) is 4.40. The fourth-order valence-electron chi connectivity index (χ4n) is 3.17. The van der Waals surface area contributed by atoms with Gasteiger partial charge in [0.05, 0.1) is 12.0 Å². The van der Waals surface area contributed by atoms with E-state index < -0.39 is 0 Å². The van der Waals surface area contributed by atoms with Gasteiger partial charge in [-0.15, -0.1) is 0 Å². The van der Waals surface area contributed by atoms with Gasteiger partial charge in [-0.05, 0) is 31.9 Å². The summed E-state index contributed by atoms with van der Waals surface area (Å²) in [6.07, 6.45) is 3.39. The average molecular weight is 326 g/mol. The molecule has 1 N–H and O–H groups in total. The zero-order valence-electron chi connectivity index (χ0n) is 14.0. The third kappa shape index (κ3) is 3.32. The van der Waals surface area contributed by atoms with Gasteiger partial charge in [0.2, 0.25) is 0 Å². The number of nitrogens with one attached hydrogen (secondary N) is 1. The van der Waals surface area contributed by atoms with Crippen molar-refractivity contribution >= 4 is 11.8 Å². The number of aromatic nitrogens is 2. The van der Waals surface area contributed by atoms with Crippen molar-refractivity contribution in [1.29, 1.82) is 0 Å². The quantitative estimate of drug-likeness (QED) is 0.934. The Hall–Kier alpha value is -2.63. The van der Waals surface area contributed by atoms with Crippen molar-refractivity contribution < 1.29 is 9.59 Å². The molecule has 1 fully saturated rings. The van der Waals surface area contributed by atoms with Crippen molar-refractivity contribution in [2.75, 3.05) is 13.1 Å². The molecule has 0 spiro atoms. The van der Waals surface area contributed by atoms with Crippen LogP contribution in [0.1, 0.15) is 39.4 Å². The van der Waals surface area contributed by atoms with E-state index in [9.17, 15) is 9.59 Å². The fraction of sp³-hybridized carbons (Fsp3) is 0.389. The molecule has 0 saturated carbocycles. The van der Waals surface area contributed by atoms with Crippen molar-refractivity contribution in [2.24, 2.45) is 7.05 Å². The second kappa shape index (κ2) is 6.86. The number of piperidine rings is 1. The first-order chi connectivity index (χ1) is 11.6. The first-order valence-electron chi connectivity index (χ1n) is 8.19. The molecule has 3 rings (SSSR count). The van der Waals surface area contributed by atoms with E-state index in [0.29, 0.717) is 23.5 Å². The topological polar surface area (TPSA) is 67.2 Å². The van der Waals surface area contributed by atoms with Gasteiger partial charge >= 0.3 is 0 Å². The Kier molecular flexibility index (Phi) is 4.64. The molecule has 24 heavy (non-hydrogen) atoms. The van der Waals surface area contributed by atoms with Gasteiger partial charge in [-0.2, -0.15) is 0 Å².